The van der Waals surface area contributed by atoms with Crippen molar-refractivity contribution in [1.29, 1.82) is 0 Å². The first-order chi connectivity index (χ1) is 11.2. The van der Waals surface area contributed by atoms with Gasteiger partial charge in [0, 0.05) is 0 Å². The van der Waals surface area contributed by atoms with Crippen LogP contribution in [0.4, 0.5) is 18.2 Å². The highest BCUT2D eigenvalue weighted by Crippen LogP contribution is 2.30. The lowest BCUT2D eigenvalue weighted by Crippen LogP contribution is -2.15. The highest BCUT2D eigenvalue weighted by Gasteiger charge is 2.25. The number of halogens is 3. The molecule has 1 aromatic carbocycles. The van der Waals surface area contributed by atoms with Gasteiger partial charge in [0.1, 0.15) is 14.8 Å². The number of carbonyl (C=O) groups is 1. The van der Waals surface area contributed by atoms with Crippen molar-refractivity contribution in [3.63, 3.8) is 0 Å². The smallest absolute Gasteiger partial charge is 0.348 e. The van der Waals surface area contributed by atoms with E-state index in [1.807, 2.05) is 4.72 Å². The van der Waals surface area contributed by atoms with Gasteiger partial charge in [-0.2, -0.15) is 0 Å². The highest BCUT2D eigenvalue weighted by molar-refractivity contribution is 7.93. The van der Waals surface area contributed by atoms with E-state index in [-0.39, 0.29) is 16.5 Å². The number of anilines is 1. The van der Waals surface area contributed by atoms with Gasteiger partial charge < -0.3 is 4.74 Å². The van der Waals surface area contributed by atoms with Crippen molar-refractivity contribution in [2.24, 2.45) is 0 Å². The third kappa shape index (κ3) is 3.54. The van der Waals surface area contributed by atoms with Gasteiger partial charge in [-0.05, 0) is 37.6 Å². The van der Waals surface area contributed by atoms with Crippen LogP contribution >= 0.6 is 11.3 Å². The molecular formula is C14H12F3NO4S2. The van der Waals surface area contributed by atoms with Gasteiger partial charge in [0.05, 0.1) is 6.61 Å². The number of hydrogen-bond acceptors (Lipinski definition) is 5. The minimum Gasteiger partial charge on any atom is -0.462 e. The standard InChI is InChI=1S/C14H12F3NO4S2/c1-3-22-14(19)13-7(2)6-10(23-13)18-24(20,21)9-5-4-8(15)11(16)12(9)17/h4-6,18H,3H2,1-2H3. The first-order valence-corrected chi connectivity index (χ1v) is 8.91. The number of sulfonamides is 1. The van der Waals surface area contributed by atoms with Gasteiger partial charge in [-0.25, -0.2) is 26.4 Å². The van der Waals surface area contributed by atoms with Crippen molar-refractivity contribution in [3.8, 4) is 0 Å². The molecule has 0 unspecified atom stereocenters. The molecule has 0 aliphatic heterocycles. The van der Waals surface area contributed by atoms with E-state index in [0.717, 1.165) is 11.3 Å². The van der Waals surface area contributed by atoms with Crippen molar-refractivity contribution >= 4 is 32.3 Å². The molecule has 5 nitrogen and oxygen atoms in total. The molecule has 2 rings (SSSR count). The van der Waals surface area contributed by atoms with Crippen LogP contribution in [0.3, 0.4) is 0 Å². The summed E-state index contributed by atoms with van der Waals surface area (Å²) >= 11 is 0.787. The molecule has 0 atom stereocenters. The normalized spacial score (nSPS) is 11.4. The van der Waals surface area contributed by atoms with E-state index in [0.29, 0.717) is 17.7 Å². The summed E-state index contributed by atoms with van der Waals surface area (Å²) in [6.07, 6.45) is 0. The van der Waals surface area contributed by atoms with Crippen molar-refractivity contribution in [2.75, 3.05) is 11.3 Å². The fourth-order valence-electron chi connectivity index (χ4n) is 1.83. The van der Waals surface area contributed by atoms with E-state index in [4.69, 9.17) is 4.74 Å². The van der Waals surface area contributed by atoms with E-state index in [1.54, 1.807) is 13.8 Å². The van der Waals surface area contributed by atoms with Crippen molar-refractivity contribution in [3.05, 3.63) is 46.1 Å². The Labute approximate surface area is 140 Å². The van der Waals surface area contributed by atoms with Crippen LogP contribution in [0.1, 0.15) is 22.2 Å². The number of benzene rings is 1. The van der Waals surface area contributed by atoms with Gasteiger partial charge in [-0.3, -0.25) is 4.72 Å². The zero-order valence-electron chi connectivity index (χ0n) is 12.5. The number of carbonyl (C=O) groups excluding carboxylic acids is 1. The lowest BCUT2D eigenvalue weighted by molar-refractivity contribution is 0.0531. The second kappa shape index (κ2) is 6.81. The molecule has 1 aromatic heterocycles. The number of esters is 1. The highest BCUT2D eigenvalue weighted by atomic mass is 32.2. The molecular weight excluding hydrogens is 367 g/mol. The topological polar surface area (TPSA) is 72.5 Å². The van der Waals surface area contributed by atoms with E-state index in [1.165, 1.54) is 6.07 Å². The monoisotopic (exact) mass is 379 g/mol. The molecule has 0 fully saturated rings. The van der Waals surface area contributed by atoms with Crippen LogP contribution in [0.15, 0.2) is 23.1 Å². The van der Waals surface area contributed by atoms with Crippen molar-refractivity contribution < 1.29 is 31.1 Å². The maximum Gasteiger partial charge on any atom is 0.348 e. The maximum absolute atomic E-state index is 13.7. The van der Waals surface area contributed by atoms with Crippen LogP contribution in [0, 0.1) is 24.4 Å². The average molecular weight is 379 g/mol. The van der Waals surface area contributed by atoms with Crippen LogP contribution in [0.25, 0.3) is 0 Å². The van der Waals surface area contributed by atoms with Crippen LogP contribution < -0.4 is 4.72 Å². The van der Waals surface area contributed by atoms with Crippen LogP contribution in [0.2, 0.25) is 0 Å². The van der Waals surface area contributed by atoms with Gasteiger partial charge in [0.2, 0.25) is 0 Å². The average Bonchev–Trinajstić information content (AvgIpc) is 2.84. The summed E-state index contributed by atoms with van der Waals surface area (Å²) in [5, 5.41) is 0.0136. The SMILES string of the molecule is CCOC(=O)c1sc(NS(=O)(=O)c2ccc(F)c(F)c2F)cc1C. The largest absolute Gasteiger partial charge is 0.462 e. The summed E-state index contributed by atoms with van der Waals surface area (Å²) in [7, 11) is -4.50. The number of nitrogens with one attached hydrogen (secondary N) is 1. The van der Waals surface area contributed by atoms with E-state index in [2.05, 4.69) is 0 Å². The fourth-order valence-corrected chi connectivity index (χ4v) is 4.15. The van der Waals surface area contributed by atoms with Crippen LogP contribution in [-0.2, 0) is 14.8 Å². The Kier molecular flexibility index (Phi) is 5.19. The lowest BCUT2D eigenvalue weighted by Gasteiger charge is -2.07. The Balaban J connectivity index is 2.36. The molecule has 0 amide bonds. The molecule has 10 heteroatoms. The van der Waals surface area contributed by atoms with Gasteiger partial charge in [-0.15, -0.1) is 11.3 Å². The maximum atomic E-state index is 13.7. The third-order valence-electron chi connectivity index (χ3n) is 2.90. The van der Waals surface area contributed by atoms with Crippen LogP contribution in [0.5, 0.6) is 0 Å². The van der Waals surface area contributed by atoms with Gasteiger partial charge in [0.25, 0.3) is 10.0 Å². The molecule has 1 heterocycles. The summed E-state index contributed by atoms with van der Waals surface area (Å²) in [6, 6.07) is 2.48. The fraction of sp³-hybridized carbons (Fsp3) is 0.214. The van der Waals surface area contributed by atoms with Crippen molar-refractivity contribution in [2.45, 2.75) is 18.7 Å². The third-order valence-corrected chi connectivity index (χ3v) is 5.55. The lowest BCUT2D eigenvalue weighted by atomic mass is 10.3. The summed E-state index contributed by atoms with van der Waals surface area (Å²) < 4.78 is 71.0. The van der Waals surface area contributed by atoms with Gasteiger partial charge in [0.15, 0.2) is 17.5 Å². The zero-order chi connectivity index (χ0) is 18.1. The van der Waals surface area contributed by atoms with Crippen molar-refractivity contribution in [1.82, 2.24) is 0 Å². The molecule has 2 aromatic rings. The van der Waals surface area contributed by atoms with Crippen LogP contribution in [-0.4, -0.2) is 21.0 Å². The molecule has 0 saturated carbocycles. The van der Waals surface area contributed by atoms with Gasteiger partial charge >= 0.3 is 5.97 Å². The minimum absolute atomic E-state index is 0.0136. The Bertz CT molecular complexity index is 894. The zero-order valence-corrected chi connectivity index (χ0v) is 14.2. The number of rotatable bonds is 5. The molecule has 0 spiro atoms. The molecule has 0 bridgehead atoms. The second-order valence-corrected chi connectivity index (χ2v) is 7.33. The van der Waals surface area contributed by atoms with E-state index >= 15 is 0 Å². The number of aryl methyl sites for hydroxylation is 1. The Morgan fingerprint density at radius 3 is 2.54 bits per heavy atom. The number of thiophene rings is 1. The second-order valence-electron chi connectivity index (χ2n) is 4.62. The molecule has 24 heavy (non-hydrogen) atoms. The minimum atomic E-state index is -4.50. The Morgan fingerprint density at radius 1 is 1.25 bits per heavy atom. The Morgan fingerprint density at radius 2 is 1.92 bits per heavy atom. The predicted octanol–water partition coefficient (Wildman–Crippen LogP) is 3.45. The molecule has 130 valence electrons. The summed E-state index contributed by atoms with van der Waals surface area (Å²) in [4.78, 5) is 10.9. The van der Waals surface area contributed by atoms with E-state index < -0.39 is 38.3 Å². The summed E-state index contributed by atoms with van der Waals surface area (Å²) in [5.41, 5.74) is 0.460. The van der Waals surface area contributed by atoms with E-state index in [9.17, 15) is 26.4 Å². The first-order valence-electron chi connectivity index (χ1n) is 6.61. The molecule has 0 aliphatic rings. The molecule has 1 N–H and O–H groups in total. The molecule has 0 aliphatic carbocycles. The van der Waals surface area contributed by atoms with Gasteiger partial charge in [-0.1, -0.05) is 0 Å². The molecule has 0 saturated heterocycles. The quantitative estimate of drug-likeness (QED) is 0.638. The number of hydrogen-bond donors (Lipinski definition) is 1. The summed E-state index contributed by atoms with van der Waals surface area (Å²) in [6.45, 7) is 3.34. The molecule has 0 radical (unpaired) electrons. The Hall–Kier alpha value is -2.07. The first kappa shape index (κ1) is 18.3. The summed E-state index contributed by atoms with van der Waals surface area (Å²) in [5.74, 6) is -5.82. The predicted molar refractivity (Wildman–Crippen MR) is 82.1 cm³/mol. The number of ether oxygens (including phenoxy) is 1.